The number of hydrogen-bond donors (Lipinski definition) is 0. The fourth-order valence-corrected chi connectivity index (χ4v) is 9.05. The molecule has 1 heterocycles. The van der Waals surface area contributed by atoms with Gasteiger partial charge in [-0.25, -0.2) is 0 Å². The summed E-state index contributed by atoms with van der Waals surface area (Å²) in [6.07, 6.45) is 2.24. The molecule has 116 valence electrons. The van der Waals surface area contributed by atoms with Crippen molar-refractivity contribution in [2.75, 3.05) is 6.54 Å². The van der Waals surface area contributed by atoms with Gasteiger partial charge in [-0.05, 0) is 0 Å². The van der Waals surface area contributed by atoms with Crippen molar-refractivity contribution in [3.63, 3.8) is 0 Å². The number of ketones is 1. The summed E-state index contributed by atoms with van der Waals surface area (Å²) in [6.45, 7) is 3.47. The van der Waals surface area contributed by atoms with Crippen molar-refractivity contribution in [1.82, 2.24) is 2.71 Å². The molecule has 0 spiro atoms. The van der Waals surface area contributed by atoms with Crippen molar-refractivity contribution in [3.8, 4) is 0 Å². The predicted molar refractivity (Wildman–Crippen MR) is 99.1 cm³/mol. The summed E-state index contributed by atoms with van der Waals surface area (Å²) in [6, 6.07) is 22.3. The Morgan fingerprint density at radius 1 is 1.09 bits per heavy atom. The van der Waals surface area contributed by atoms with E-state index in [-0.39, 0.29) is 6.04 Å². The van der Waals surface area contributed by atoms with Crippen LogP contribution in [0.1, 0.15) is 12.8 Å². The number of benzene rings is 2. The fourth-order valence-electron chi connectivity index (χ4n) is 3.58. The van der Waals surface area contributed by atoms with Crippen LogP contribution < -0.4 is 10.4 Å². The third kappa shape index (κ3) is 3.67. The van der Waals surface area contributed by atoms with Gasteiger partial charge < -0.3 is 0 Å². The van der Waals surface area contributed by atoms with Gasteiger partial charge in [0.05, 0.1) is 0 Å². The van der Waals surface area contributed by atoms with E-state index in [2.05, 4.69) is 69.9 Å². The van der Waals surface area contributed by atoms with Crippen LogP contribution in [0, 0.1) is 0 Å². The minimum absolute atomic E-state index is 0.194. The van der Waals surface area contributed by atoms with Gasteiger partial charge in [-0.1, -0.05) is 0 Å². The number of nitrogens with zero attached hydrogens (tertiary/aromatic N) is 1. The van der Waals surface area contributed by atoms with Gasteiger partial charge in [0.2, 0.25) is 0 Å². The van der Waals surface area contributed by atoms with E-state index in [4.69, 9.17) is 0 Å². The molecule has 1 aliphatic heterocycles. The molecule has 1 fully saturated rings. The number of hydrogen-bond acceptors (Lipinski definition) is 2. The molecule has 2 nitrogen and oxygen atoms in total. The van der Waals surface area contributed by atoms with Crippen LogP contribution in [-0.2, 0) is 4.79 Å². The molecule has 0 unspecified atom stereocenters. The molecule has 2 aromatic rings. The van der Waals surface area contributed by atoms with Crippen molar-refractivity contribution in [1.29, 1.82) is 0 Å². The van der Waals surface area contributed by atoms with Gasteiger partial charge in [-0.2, -0.15) is 0 Å². The van der Waals surface area contributed by atoms with Crippen molar-refractivity contribution < 1.29 is 4.79 Å². The molecular weight excluding hydrogens is 491 g/mol. The van der Waals surface area contributed by atoms with E-state index in [1.54, 1.807) is 0 Å². The van der Waals surface area contributed by atoms with Crippen LogP contribution in [0.2, 0.25) is 12.6 Å². The Bertz CT molecular complexity index is 622. The molecule has 0 bridgehead atoms. The van der Waals surface area contributed by atoms with Crippen molar-refractivity contribution >= 4 is 50.3 Å². The standard InChI is InChI=1S/C19H22NOSi.Tl/c1-22(16-9-4-2-5-10-16,17-11-6-3-7-12-17)15-19(21)18-13-8-14-20-18;/h2-7,9-12,18H,8,13-15H2,1H3;/q-1;+1/t18-;/m0./s1. The molecule has 2 aromatic carbocycles. The van der Waals surface area contributed by atoms with Crippen LogP contribution in [0.5, 0.6) is 0 Å². The molecule has 1 aliphatic rings. The molecule has 0 radical (unpaired) electrons. The molecule has 1 atom stereocenters. The summed E-state index contributed by atoms with van der Waals surface area (Å²) in [5, 5.41) is 2.72. The van der Waals surface area contributed by atoms with E-state index in [0.717, 1.165) is 45.1 Å². The first-order valence-electron chi connectivity index (χ1n) is 8.26. The second-order valence-corrected chi connectivity index (χ2v) is 13.4. The van der Waals surface area contributed by atoms with Gasteiger partial charge in [0.25, 0.3) is 0 Å². The first kappa shape index (κ1) is 17.0. The molecule has 0 saturated carbocycles. The molecular formula is C19H22NOSiTl. The summed E-state index contributed by atoms with van der Waals surface area (Å²) >= 11 is 0.776. The Balaban J connectivity index is 1.95. The molecule has 0 aliphatic carbocycles. The average molecular weight is 513 g/mol. The van der Waals surface area contributed by atoms with Gasteiger partial charge >= 0.3 is 156 Å². The van der Waals surface area contributed by atoms with Crippen LogP contribution in [0.25, 0.3) is 0 Å². The number of Topliss-reactive ketones (excluding diaryl/α,β-unsaturated/α-hetero) is 1. The van der Waals surface area contributed by atoms with Crippen molar-refractivity contribution in [2.45, 2.75) is 31.5 Å². The summed E-state index contributed by atoms with van der Waals surface area (Å²) in [5.74, 6) is 0.465. The summed E-state index contributed by atoms with van der Waals surface area (Å²) in [4.78, 5) is 13.0. The molecule has 0 N–H and O–H groups in total. The normalized spacial score (nSPS) is 18.9. The Labute approximate surface area is 156 Å². The second kappa shape index (κ2) is 7.40. The monoisotopic (exact) mass is 513 g/mol. The van der Waals surface area contributed by atoms with Gasteiger partial charge in [0.1, 0.15) is 0 Å². The molecule has 23 heavy (non-hydrogen) atoms. The Hall–Kier alpha value is -0.791. The van der Waals surface area contributed by atoms with E-state index in [9.17, 15) is 4.79 Å². The Morgan fingerprint density at radius 3 is 2.04 bits per heavy atom. The Kier molecular flexibility index (Phi) is 5.49. The van der Waals surface area contributed by atoms with Crippen molar-refractivity contribution in [3.05, 3.63) is 60.7 Å². The van der Waals surface area contributed by atoms with E-state index in [0.29, 0.717) is 5.78 Å². The molecule has 3 rings (SSSR count). The van der Waals surface area contributed by atoms with Gasteiger partial charge in [0.15, 0.2) is 0 Å². The summed E-state index contributed by atoms with van der Waals surface area (Å²) < 4.78 is 2.40. The van der Waals surface area contributed by atoms with Crippen LogP contribution in [0.4, 0.5) is 0 Å². The fraction of sp³-hybridized carbons (Fsp3) is 0.316. The van der Waals surface area contributed by atoms with Gasteiger partial charge in [-0.15, -0.1) is 0 Å². The predicted octanol–water partition coefficient (Wildman–Crippen LogP) is 2.00. The quantitative estimate of drug-likeness (QED) is 0.571. The van der Waals surface area contributed by atoms with E-state index in [1.165, 1.54) is 16.8 Å². The van der Waals surface area contributed by atoms with Crippen LogP contribution in [0.3, 0.4) is 0 Å². The number of carbonyl (C=O) groups is 1. The van der Waals surface area contributed by atoms with Crippen LogP contribution in [-0.4, -0.2) is 55.2 Å². The zero-order chi connectivity index (χ0) is 16.3. The van der Waals surface area contributed by atoms with E-state index >= 15 is 0 Å². The number of rotatable bonds is 5. The van der Waals surface area contributed by atoms with Crippen LogP contribution in [0.15, 0.2) is 60.7 Å². The minimum atomic E-state index is -2.02. The van der Waals surface area contributed by atoms with Crippen LogP contribution >= 0.6 is 0 Å². The van der Waals surface area contributed by atoms with E-state index < -0.39 is 8.07 Å². The van der Waals surface area contributed by atoms with E-state index in [1.807, 2.05) is 0 Å². The third-order valence-corrected chi connectivity index (χ3v) is 11.7. The van der Waals surface area contributed by atoms with Crippen molar-refractivity contribution in [2.24, 2.45) is 0 Å². The van der Waals surface area contributed by atoms with Gasteiger partial charge in [0, 0.05) is 0 Å². The zero-order valence-corrected chi connectivity index (χ0v) is 19.1. The summed E-state index contributed by atoms with van der Waals surface area (Å²) in [7, 11) is -2.02. The SMILES string of the molecule is C[Si](CC(=O)[C@@H]1CCC[N]1[Tl])(c1ccccc1)c1ccccc1. The second-order valence-electron chi connectivity index (χ2n) is 6.60. The molecule has 0 amide bonds. The first-order chi connectivity index (χ1) is 11.1. The Morgan fingerprint density at radius 2 is 1.61 bits per heavy atom. The van der Waals surface area contributed by atoms with Gasteiger partial charge in [-0.3, -0.25) is 0 Å². The first-order valence-corrected chi connectivity index (χ1v) is 13.0. The zero-order valence-electron chi connectivity index (χ0n) is 13.6. The molecule has 0 aromatic heterocycles. The topological polar surface area (TPSA) is 20.3 Å². The molecule has 1 saturated heterocycles. The maximum absolute atomic E-state index is 13.0. The number of carbonyl (C=O) groups excluding carboxylic acids is 1. The average Bonchev–Trinajstić information content (AvgIpc) is 3.02. The maximum atomic E-state index is 13.0. The third-order valence-electron chi connectivity index (χ3n) is 5.02. The molecule has 4 heteroatoms. The summed E-state index contributed by atoms with van der Waals surface area (Å²) in [5.41, 5.74) is 0.